The quantitative estimate of drug-likeness (QED) is 0.656. The van der Waals surface area contributed by atoms with Crippen LogP contribution in [0.4, 0.5) is 0 Å². The van der Waals surface area contributed by atoms with Crippen LogP contribution in [0.15, 0.2) is 42.7 Å². The van der Waals surface area contributed by atoms with Crippen LogP contribution in [0.1, 0.15) is 37.6 Å². The monoisotopic (exact) mass is 384 g/mol. The highest BCUT2D eigenvalue weighted by Crippen LogP contribution is 2.26. The first-order valence-corrected chi connectivity index (χ1v) is 9.88. The highest BCUT2D eigenvalue weighted by Gasteiger charge is 2.17. The molecule has 2 heterocycles. The van der Waals surface area contributed by atoms with Gasteiger partial charge in [0.25, 0.3) is 5.91 Å². The van der Waals surface area contributed by atoms with Crippen molar-refractivity contribution in [3.63, 3.8) is 0 Å². The number of fused-ring (bicyclic) bond motifs is 1. The minimum absolute atomic E-state index is 0.169. The molecule has 0 aliphatic carbocycles. The molecule has 2 amide bonds. The second-order valence-electron chi connectivity index (χ2n) is 6.94. The van der Waals surface area contributed by atoms with Gasteiger partial charge in [-0.25, -0.2) is 4.98 Å². The number of nitrogens with one attached hydrogen (secondary N) is 2. The van der Waals surface area contributed by atoms with Crippen LogP contribution >= 0.6 is 11.3 Å². The summed E-state index contributed by atoms with van der Waals surface area (Å²) < 4.78 is 2.87. The largest absolute Gasteiger partial charge is 0.354 e. The third-order valence-corrected chi connectivity index (χ3v) is 5.26. The lowest BCUT2D eigenvalue weighted by atomic mass is 10.1. The molecule has 3 rings (SSSR count). The molecular weight excluding hydrogens is 360 g/mol. The number of thiazole rings is 1. The van der Waals surface area contributed by atoms with E-state index in [2.05, 4.69) is 29.5 Å². The third-order valence-electron chi connectivity index (χ3n) is 4.23. The van der Waals surface area contributed by atoms with Crippen molar-refractivity contribution in [1.29, 1.82) is 0 Å². The predicted molar refractivity (Wildman–Crippen MR) is 108 cm³/mol. The maximum Gasteiger partial charge on any atom is 0.251 e. The maximum atomic E-state index is 12.5. The first-order chi connectivity index (χ1) is 12.9. The summed E-state index contributed by atoms with van der Waals surface area (Å²) in [7, 11) is 0. The van der Waals surface area contributed by atoms with Crippen molar-refractivity contribution in [2.75, 3.05) is 6.54 Å². The molecule has 27 heavy (non-hydrogen) atoms. The van der Waals surface area contributed by atoms with Gasteiger partial charge in [0.15, 0.2) is 5.13 Å². The normalized spacial score (nSPS) is 12.3. The molecule has 2 aromatic heterocycles. The summed E-state index contributed by atoms with van der Waals surface area (Å²) in [5.41, 5.74) is 1.37. The standard InChI is InChI=1S/C20H24N4O2S/c1-13(2)8-9-21-18(25)14(3)22-19(26)15-6-7-16-17(12-15)27-20(23-16)24-10-4-5-11-24/h4-7,10-14H,8-9H2,1-3H3,(H,21,25)(H,22,26)/t14-/m1/s1. The van der Waals surface area contributed by atoms with Crippen molar-refractivity contribution in [3.8, 4) is 5.13 Å². The van der Waals surface area contributed by atoms with E-state index in [1.54, 1.807) is 13.0 Å². The maximum absolute atomic E-state index is 12.5. The molecule has 0 saturated heterocycles. The predicted octanol–water partition coefficient (Wildman–Crippen LogP) is 3.37. The van der Waals surface area contributed by atoms with E-state index in [1.165, 1.54) is 11.3 Å². The van der Waals surface area contributed by atoms with Gasteiger partial charge in [0.05, 0.1) is 10.2 Å². The highest BCUT2D eigenvalue weighted by atomic mass is 32.1. The third kappa shape index (κ3) is 4.74. The van der Waals surface area contributed by atoms with Gasteiger partial charge in [-0.05, 0) is 49.6 Å². The molecule has 1 aromatic carbocycles. The van der Waals surface area contributed by atoms with Crippen molar-refractivity contribution < 1.29 is 9.59 Å². The number of rotatable bonds is 7. The van der Waals surface area contributed by atoms with Crippen LogP contribution in [0.5, 0.6) is 0 Å². The minimum Gasteiger partial charge on any atom is -0.354 e. The number of hydrogen-bond acceptors (Lipinski definition) is 4. The summed E-state index contributed by atoms with van der Waals surface area (Å²) in [6.45, 7) is 6.52. The zero-order chi connectivity index (χ0) is 19.4. The molecule has 142 valence electrons. The van der Waals surface area contributed by atoms with Crippen LogP contribution in [-0.4, -0.2) is 34.0 Å². The summed E-state index contributed by atoms with van der Waals surface area (Å²) in [6, 6.07) is 8.69. The van der Waals surface area contributed by atoms with E-state index in [1.807, 2.05) is 41.2 Å². The van der Waals surface area contributed by atoms with Gasteiger partial charge < -0.3 is 15.2 Å². The molecule has 0 aliphatic rings. The van der Waals surface area contributed by atoms with Gasteiger partial charge in [0, 0.05) is 24.5 Å². The van der Waals surface area contributed by atoms with Gasteiger partial charge >= 0.3 is 0 Å². The molecule has 1 atom stereocenters. The fraction of sp³-hybridized carbons (Fsp3) is 0.350. The molecule has 0 aliphatic heterocycles. The molecule has 6 nitrogen and oxygen atoms in total. The van der Waals surface area contributed by atoms with Gasteiger partial charge in [-0.15, -0.1) is 0 Å². The summed E-state index contributed by atoms with van der Waals surface area (Å²) in [5.74, 6) is 0.0925. The van der Waals surface area contributed by atoms with Crippen molar-refractivity contribution in [2.45, 2.75) is 33.2 Å². The van der Waals surface area contributed by atoms with E-state index in [-0.39, 0.29) is 11.8 Å². The van der Waals surface area contributed by atoms with Gasteiger partial charge in [0.2, 0.25) is 5.91 Å². The summed E-state index contributed by atoms with van der Waals surface area (Å²) in [4.78, 5) is 29.2. The lowest BCUT2D eigenvalue weighted by Gasteiger charge is -2.14. The first kappa shape index (κ1) is 19.1. The fourth-order valence-electron chi connectivity index (χ4n) is 2.61. The smallest absolute Gasteiger partial charge is 0.251 e. The Labute approximate surface area is 162 Å². The van der Waals surface area contributed by atoms with Gasteiger partial charge in [0.1, 0.15) is 6.04 Å². The topological polar surface area (TPSA) is 76.0 Å². The Bertz CT molecular complexity index is 931. The summed E-state index contributed by atoms with van der Waals surface area (Å²) in [6.07, 6.45) is 4.79. The van der Waals surface area contributed by atoms with Crippen molar-refractivity contribution in [1.82, 2.24) is 20.2 Å². The van der Waals surface area contributed by atoms with Crippen LogP contribution in [0, 0.1) is 5.92 Å². The zero-order valence-electron chi connectivity index (χ0n) is 15.7. The molecule has 0 saturated carbocycles. The first-order valence-electron chi connectivity index (χ1n) is 9.06. The Morgan fingerprint density at radius 3 is 2.63 bits per heavy atom. The average molecular weight is 385 g/mol. The minimum atomic E-state index is -0.586. The van der Waals surface area contributed by atoms with Crippen LogP contribution in [-0.2, 0) is 4.79 Å². The molecular formula is C20H24N4O2S. The van der Waals surface area contributed by atoms with E-state index < -0.39 is 6.04 Å². The van der Waals surface area contributed by atoms with Crippen LogP contribution in [0.25, 0.3) is 15.3 Å². The number of amides is 2. The number of aromatic nitrogens is 2. The Hall–Kier alpha value is -2.67. The van der Waals surface area contributed by atoms with Crippen molar-refractivity contribution in [2.24, 2.45) is 5.92 Å². The molecule has 2 N–H and O–H groups in total. The Balaban J connectivity index is 1.65. The molecule has 7 heteroatoms. The molecule has 0 bridgehead atoms. The fourth-order valence-corrected chi connectivity index (χ4v) is 3.58. The van der Waals surface area contributed by atoms with E-state index in [0.29, 0.717) is 18.0 Å². The SMILES string of the molecule is CC(C)CCNC(=O)[C@@H](C)NC(=O)c1ccc2nc(-n3cccc3)sc2c1. The second kappa shape index (κ2) is 8.35. The summed E-state index contributed by atoms with van der Waals surface area (Å²) in [5, 5.41) is 6.47. The van der Waals surface area contributed by atoms with Crippen LogP contribution in [0.2, 0.25) is 0 Å². The molecule has 0 radical (unpaired) electrons. The molecule has 0 spiro atoms. The van der Waals surface area contributed by atoms with Crippen molar-refractivity contribution in [3.05, 3.63) is 48.3 Å². The summed E-state index contributed by atoms with van der Waals surface area (Å²) >= 11 is 1.52. The Morgan fingerprint density at radius 1 is 1.19 bits per heavy atom. The van der Waals surface area contributed by atoms with E-state index in [0.717, 1.165) is 21.8 Å². The average Bonchev–Trinajstić information content (AvgIpc) is 3.29. The molecule has 0 unspecified atom stereocenters. The number of hydrogen-bond donors (Lipinski definition) is 2. The Kier molecular flexibility index (Phi) is 5.91. The number of nitrogens with zero attached hydrogens (tertiary/aromatic N) is 2. The molecule has 0 fully saturated rings. The lowest BCUT2D eigenvalue weighted by molar-refractivity contribution is -0.122. The Morgan fingerprint density at radius 2 is 1.93 bits per heavy atom. The van der Waals surface area contributed by atoms with E-state index in [4.69, 9.17) is 0 Å². The number of benzene rings is 1. The molecule has 3 aromatic rings. The number of carbonyl (C=O) groups is 2. The highest BCUT2D eigenvalue weighted by molar-refractivity contribution is 7.20. The van der Waals surface area contributed by atoms with E-state index >= 15 is 0 Å². The van der Waals surface area contributed by atoms with E-state index in [9.17, 15) is 9.59 Å². The lowest BCUT2D eigenvalue weighted by Crippen LogP contribution is -2.45. The second-order valence-corrected chi connectivity index (χ2v) is 7.95. The number of carbonyl (C=O) groups excluding carboxylic acids is 2. The van der Waals surface area contributed by atoms with Crippen molar-refractivity contribution >= 4 is 33.4 Å². The van der Waals surface area contributed by atoms with Gasteiger partial charge in [-0.1, -0.05) is 25.2 Å². The van der Waals surface area contributed by atoms with Crippen LogP contribution in [0.3, 0.4) is 0 Å². The van der Waals surface area contributed by atoms with Crippen LogP contribution < -0.4 is 10.6 Å². The van der Waals surface area contributed by atoms with Gasteiger partial charge in [-0.3, -0.25) is 9.59 Å². The van der Waals surface area contributed by atoms with Gasteiger partial charge in [-0.2, -0.15) is 0 Å². The zero-order valence-corrected chi connectivity index (χ0v) is 16.5.